The van der Waals surface area contributed by atoms with Gasteiger partial charge in [-0.2, -0.15) is 0 Å². The van der Waals surface area contributed by atoms with Gasteiger partial charge >= 0.3 is 12.1 Å². The van der Waals surface area contributed by atoms with Crippen LogP contribution in [-0.4, -0.2) is 25.3 Å². The highest BCUT2D eigenvalue weighted by molar-refractivity contribution is 5.71. The SMILES string of the molecule is CCCCCCCCCCCCCCCC[n+]1ccccc1CNC(=O)OCCOC(=O)C(C)C. The van der Waals surface area contributed by atoms with Crippen molar-refractivity contribution < 1.29 is 23.6 Å². The summed E-state index contributed by atoms with van der Waals surface area (Å²) in [7, 11) is 0. The van der Waals surface area contributed by atoms with E-state index in [2.05, 4.69) is 23.0 Å². The lowest BCUT2D eigenvalue weighted by molar-refractivity contribution is -0.704. The molecule has 1 aromatic heterocycles. The number of carbonyl (C=O) groups is 2. The van der Waals surface area contributed by atoms with E-state index in [0.29, 0.717) is 6.54 Å². The summed E-state index contributed by atoms with van der Waals surface area (Å²) in [5.74, 6) is -0.472. The van der Waals surface area contributed by atoms with Crippen LogP contribution in [0.1, 0.15) is 116 Å². The van der Waals surface area contributed by atoms with Crippen molar-refractivity contribution in [2.75, 3.05) is 13.2 Å². The number of rotatable bonds is 21. The van der Waals surface area contributed by atoms with Gasteiger partial charge in [-0.15, -0.1) is 0 Å². The molecule has 200 valence electrons. The molecule has 0 aliphatic carbocycles. The first kappa shape index (κ1) is 30.9. The maximum absolute atomic E-state index is 11.9. The topological polar surface area (TPSA) is 68.5 Å². The number of carbonyl (C=O) groups excluding carboxylic acids is 2. The average Bonchev–Trinajstić information content (AvgIpc) is 2.85. The number of hydrogen-bond donors (Lipinski definition) is 1. The summed E-state index contributed by atoms with van der Waals surface area (Å²) in [5, 5.41) is 2.78. The fourth-order valence-corrected chi connectivity index (χ4v) is 4.02. The van der Waals surface area contributed by atoms with E-state index in [0.717, 1.165) is 18.7 Å². The van der Waals surface area contributed by atoms with Gasteiger partial charge in [0.2, 0.25) is 5.69 Å². The van der Waals surface area contributed by atoms with E-state index in [-0.39, 0.29) is 25.1 Å². The third kappa shape index (κ3) is 17.0. The predicted octanol–water partition coefficient (Wildman–Crippen LogP) is 6.88. The minimum atomic E-state index is -0.502. The highest BCUT2D eigenvalue weighted by Gasteiger charge is 2.12. The molecule has 6 nitrogen and oxygen atoms in total. The van der Waals surface area contributed by atoms with Crippen molar-refractivity contribution in [2.24, 2.45) is 5.92 Å². The van der Waals surface area contributed by atoms with Crippen molar-refractivity contribution in [3.8, 4) is 0 Å². The molecule has 0 aliphatic heterocycles. The molecule has 0 atom stereocenters. The van der Waals surface area contributed by atoms with Gasteiger partial charge in [0.05, 0.1) is 5.92 Å². The summed E-state index contributed by atoms with van der Waals surface area (Å²) in [4.78, 5) is 23.3. The second-order valence-corrected chi connectivity index (χ2v) is 9.79. The number of pyridine rings is 1. The highest BCUT2D eigenvalue weighted by Crippen LogP contribution is 2.13. The zero-order valence-corrected chi connectivity index (χ0v) is 22.7. The largest absolute Gasteiger partial charge is 0.462 e. The molecule has 35 heavy (non-hydrogen) atoms. The quantitative estimate of drug-likeness (QED) is 0.116. The summed E-state index contributed by atoms with van der Waals surface area (Å²) < 4.78 is 12.3. The molecule has 0 spiro atoms. The monoisotopic (exact) mass is 491 g/mol. The van der Waals surface area contributed by atoms with Gasteiger partial charge in [0.1, 0.15) is 26.3 Å². The summed E-state index contributed by atoms with van der Waals surface area (Å²) in [5.41, 5.74) is 1.05. The normalized spacial score (nSPS) is 11.0. The number of unbranched alkanes of at least 4 members (excludes halogenated alkanes) is 13. The Kier molecular flexibility index (Phi) is 18.7. The molecular weight excluding hydrogens is 440 g/mol. The molecule has 0 unspecified atom stereocenters. The van der Waals surface area contributed by atoms with Crippen LogP contribution in [0.15, 0.2) is 24.4 Å². The van der Waals surface area contributed by atoms with Gasteiger partial charge < -0.3 is 14.8 Å². The lowest BCUT2D eigenvalue weighted by Crippen LogP contribution is -2.41. The summed E-state index contributed by atoms with van der Waals surface area (Å²) >= 11 is 0. The number of hydrogen-bond acceptors (Lipinski definition) is 4. The molecule has 0 aromatic carbocycles. The molecule has 0 radical (unpaired) electrons. The lowest BCUT2D eigenvalue weighted by Gasteiger charge is -2.09. The van der Waals surface area contributed by atoms with Crippen molar-refractivity contribution in [1.29, 1.82) is 0 Å². The van der Waals surface area contributed by atoms with Crippen LogP contribution in [0.3, 0.4) is 0 Å². The fraction of sp³-hybridized carbons (Fsp3) is 0.759. The van der Waals surface area contributed by atoms with Crippen LogP contribution < -0.4 is 9.88 Å². The second kappa shape index (κ2) is 21.2. The molecule has 6 heteroatoms. The summed E-state index contributed by atoms with van der Waals surface area (Å²) in [6.45, 7) is 7.30. The summed E-state index contributed by atoms with van der Waals surface area (Å²) in [6, 6.07) is 6.03. The average molecular weight is 492 g/mol. The minimum Gasteiger partial charge on any atom is -0.462 e. The Morgan fingerprint density at radius 3 is 1.91 bits per heavy atom. The van der Waals surface area contributed by atoms with Crippen molar-refractivity contribution in [2.45, 2.75) is 124 Å². The van der Waals surface area contributed by atoms with Gasteiger partial charge in [0, 0.05) is 18.6 Å². The standard InChI is InChI=1S/C29H50N2O4/c1-4-5-6-7-8-9-10-11-12-13-14-15-16-18-21-31-22-19-17-20-27(31)25-30-29(33)35-24-23-34-28(32)26(2)3/h17,19-20,22,26H,4-16,18,21,23-25H2,1-3H3/p+1. The van der Waals surface area contributed by atoms with Gasteiger partial charge in [0.15, 0.2) is 6.20 Å². The van der Waals surface area contributed by atoms with Crippen LogP contribution in [0.2, 0.25) is 0 Å². The molecule has 0 aliphatic rings. The van der Waals surface area contributed by atoms with Gasteiger partial charge in [-0.05, 0) is 6.42 Å². The Balaban J connectivity index is 2.07. The molecule has 1 rings (SSSR count). The fourth-order valence-electron chi connectivity index (χ4n) is 4.02. The van der Waals surface area contributed by atoms with Gasteiger partial charge in [-0.1, -0.05) is 104 Å². The van der Waals surface area contributed by atoms with Crippen molar-refractivity contribution in [1.82, 2.24) is 5.32 Å². The van der Waals surface area contributed by atoms with E-state index in [4.69, 9.17) is 9.47 Å². The van der Waals surface area contributed by atoms with E-state index < -0.39 is 6.09 Å². The zero-order valence-electron chi connectivity index (χ0n) is 22.7. The highest BCUT2D eigenvalue weighted by atomic mass is 16.6. The number of ether oxygens (including phenoxy) is 2. The van der Waals surface area contributed by atoms with E-state index in [9.17, 15) is 9.59 Å². The van der Waals surface area contributed by atoms with E-state index in [1.807, 2.05) is 18.2 Å². The number of nitrogens with one attached hydrogen (secondary N) is 1. The molecule has 0 saturated heterocycles. The number of nitrogens with zero attached hydrogens (tertiary/aromatic N) is 1. The Hall–Kier alpha value is -2.11. The van der Waals surface area contributed by atoms with Gasteiger partial charge in [0.25, 0.3) is 0 Å². The predicted molar refractivity (Wildman–Crippen MR) is 141 cm³/mol. The van der Waals surface area contributed by atoms with Crippen LogP contribution in [0.5, 0.6) is 0 Å². The number of amides is 1. The Morgan fingerprint density at radius 1 is 0.800 bits per heavy atom. The van der Waals surface area contributed by atoms with Crippen LogP contribution in [0.4, 0.5) is 4.79 Å². The molecule has 0 fully saturated rings. The van der Waals surface area contributed by atoms with Crippen LogP contribution in [0, 0.1) is 5.92 Å². The number of esters is 1. The molecule has 0 saturated carbocycles. The van der Waals surface area contributed by atoms with E-state index in [1.54, 1.807) is 13.8 Å². The zero-order chi connectivity index (χ0) is 25.6. The van der Waals surface area contributed by atoms with Gasteiger partial charge in [-0.25, -0.2) is 9.36 Å². The number of aryl methyl sites for hydroxylation is 1. The first-order chi connectivity index (χ1) is 17.0. The third-order valence-corrected chi connectivity index (χ3v) is 6.23. The van der Waals surface area contributed by atoms with Crippen molar-refractivity contribution in [3.63, 3.8) is 0 Å². The maximum atomic E-state index is 11.9. The van der Waals surface area contributed by atoms with Crippen LogP contribution >= 0.6 is 0 Å². The smallest absolute Gasteiger partial charge is 0.407 e. The molecule has 1 heterocycles. The molecule has 1 amide bonds. The van der Waals surface area contributed by atoms with E-state index >= 15 is 0 Å². The Bertz CT molecular complexity index is 678. The molecule has 1 aromatic rings. The number of aromatic nitrogens is 1. The van der Waals surface area contributed by atoms with Crippen molar-refractivity contribution in [3.05, 3.63) is 30.1 Å². The van der Waals surface area contributed by atoms with Crippen molar-refractivity contribution >= 4 is 12.1 Å². The minimum absolute atomic E-state index is 0.0537. The molecule has 1 N–H and O–H groups in total. The summed E-state index contributed by atoms with van der Waals surface area (Å²) in [6.07, 6.45) is 20.5. The molecular formula is C29H51N2O4+. The first-order valence-corrected chi connectivity index (χ1v) is 14.1. The maximum Gasteiger partial charge on any atom is 0.407 e. The second-order valence-electron chi connectivity index (χ2n) is 9.79. The first-order valence-electron chi connectivity index (χ1n) is 14.1. The van der Waals surface area contributed by atoms with Gasteiger partial charge in [-0.3, -0.25) is 4.79 Å². The number of alkyl carbamates (subject to hydrolysis) is 1. The van der Waals surface area contributed by atoms with Crippen LogP contribution in [-0.2, 0) is 27.4 Å². The van der Waals surface area contributed by atoms with E-state index in [1.165, 1.54) is 83.5 Å². The lowest BCUT2D eigenvalue weighted by atomic mass is 10.0. The molecule has 0 bridgehead atoms. The third-order valence-electron chi connectivity index (χ3n) is 6.23. The Labute approximate surface area is 214 Å². The van der Waals surface area contributed by atoms with Crippen LogP contribution in [0.25, 0.3) is 0 Å². The Morgan fingerprint density at radius 2 is 1.34 bits per heavy atom.